The molecule has 0 bridgehead atoms. The molecular weight excluding hydrogens is 426 g/mol. The van der Waals surface area contributed by atoms with Gasteiger partial charge in [0.05, 0.1) is 12.1 Å². The Morgan fingerprint density at radius 1 is 0.886 bits per heavy atom. The van der Waals surface area contributed by atoms with Crippen molar-refractivity contribution in [2.45, 2.75) is 50.7 Å². The van der Waals surface area contributed by atoms with E-state index in [-0.39, 0.29) is 6.04 Å². The number of hydrogen-bond acceptors (Lipinski definition) is 3. The van der Waals surface area contributed by atoms with Crippen molar-refractivity contribution in [1.29, 1.82) is 0 Å². The highest BCUT2D eigenvalue weighted by molar-refractivity contribution is 5.79. The van der Waals surface area contributed by atoms with Gasteiger partial charge in [-0.3, -0.25) is 9.89 Å². The molecule has 0 aliphatic carbocycles. The van der Waals surface area contributed by atoms with Gasteiger partial charge in [0.1, 0.15) is 0 Å². The fourth-order valence-corrected chi connectivity index (χ4v) is 6.95. The Hall–Kier alpha value is -2.75. The minimum atomic E-state index is 0.256. The summed E-state index contributed by atoms with van der Waals surface area (Å²) >= 11 is 0. The zero-order valence-electron chi connectivity index (χ0n) is 20.8. The quantitative estimate of drug-likeness (QED) is 0.470. The summed E-state index contributed by atoms with van der Waals surface area (Å²) in [5.41, 5.74) is 7.25. The van der Waals surface area contributed by atoms with Crippen LogP contribution in [0.25, 0.3) is 0 Å². The van der Waals surface area contributed by atoms with Crippen molar-refractivity contribution in [3.8, 4) is 0 Å². The number of nitrogens with zero attached hydrogens (tertiary/aromatic N) is 2. The van der Waals surface area contributed by atoms with Crippen molar-refractivity contribution in [2.24, 2.45) is 16.8 Å². The van der Waals surface area contributed by atoms with Crippen molar-refractivity contribution in [1.82, 2.24) is 10.2 Å². The summed E-state index contributed by atoms with van der Waals surface area (Å²) in [7, 11) is 0. The summed E-state index contributed by atoms with van der Waals surface area (Å²) in [5.74, 6) is 1.20. The van der Waals surface area contributed by atoms with E-state index in [9.17, 15) is 0 Å². The largest absolute Gasteiger partial charge is 0.310 e. The van der Waals surface area contributed by atoms with E-state index in [0.29, 0.717) is 23.9 Å². The van der Waals surface area contributed by atoms with E-state index < -0.39 is 0 Å². The summed E-state index contributed by atoms with van der Waals surface area (Å²) < 4.78 is 0. The molecule has 3 aromatic rings. The molecule has 180 valence electrons. The van der Waals surface area contributed by atoms with Crippen molar-refractivity contribution in [3.63, 3.8) is 0 Å². The molecule has 3 aromatic carbocycles. The van der Waals surface area contributed by atoms with Gasteiger partial charge in [-0.1, -0.05) is 92.2 Å². The minimum Gasteiger partial charge on any atom is -0.310 e. The topological polar surface area (TPSA) is 27.6 Å². The number of piperidine rings is 1. The van der Waals surface area contributed by atoms with Gasteiger partial charge in [0.2, 0.25) is 0 Å². The van der Waals surface area contributed by atoms with Crippen LogP contribution in [0.1, 0.15) is 59.7 Å². The van der Waals surface area contributed by atoms with Gasteiger partial charge in [0.15, 0.2) is 0 Å². The van der Waals surface area contributed by atoms with E-state index in [4.69, 9.17) is 4.99 Å². The van der Waals surface area contributed by atoms with Gasteiger partial charge in [0.25, 0.3) is 0 Å². The van der Waals surface area contributed by atoms with Gasteiger partial charge < -0.3 is 5.32 Å². The SMILES string of the molecule is CC[C@H]1CN2CCc3ccccc3[C@@H]2C(N=Cc2ccccc2)[C@@H]1C[C@H]1NCCc2ccccc21. The van der Waals surface area contributed by atoms with E-state index in [1.807, 2.05) is 0 Å². The number of benzene rings is 3. The Kier molecular flexibility index (Phi) is 6.54. The average molecular weight is 464 g/mol. The van der Waals surface area contributed by atoms with Crippen molar-refractivity contribution < 1.29 is 0 Å². The van der Waals surface area contributed by atoms with Gasteiger partial charge in [-0.25, -0.2) is 0 Å². The Morgan fingerprint density at radius 2 is 1.60 bits per heavy atom. The number of nitrogens with one attached hydrogen (secondary N) is 1. The third-order valence-electron chi connectivity index (χ3n) is 8.72. The van der Waals surface area contributed by atoms with Crippen LogP contribution in [-0.2, 0) is 12.8 Å². The third kappa shape index (κ3) is 4.48. The molecule has 3 heterocycles. The van der Waals surface area contributed by atoms with Crippen LogP contribution in [-0.4, -0.2) is 36.8 Å². The first kappa shape index (κ1) is 22.7. The first-order valence-corrected chi connectivity index (χ1v) is 13.5. The van der Waals surface area contributed by atoms with Crippen LogP contribution in [0.5, 0.6) is 0 Å². The summed E-state index contributed by atoms with van der Waals surface area (Å²) in [5, 5.41) is 3.89. The molecule has 0 spiro atoms. The fourth-order valence-electron chi connectivity index (χ4n) is 6.95. The third-order valence-corrected chi connectivity index (χ3v) is 8.72. The standard InChI is InChI=1S/C32H37N3/c1-2-24-22-35-19-17-26-13-7-9-15-28(26)32(35)31(34-21-23-10-4-3-5-11-23)29(24)20-30-27-14-8-6-12-25(27)16-18-33-30/h3-15,21,24,29-33H,2,16-20,22H2,1H3/t24-,29+,30+,31?,32+/m0/s1. The van der Waals surface area contributed by atoms with Crippen molar-refractivity contribution in [2.75, 3.05) is 19.6 Å². The highest BCUT2D eigenvalue weighted by Crippen LogP contribution is 2.47. The van der Waals surface area contributed by atoms with Crippen LogP contribution in [0.3, 0.4) is 0 Å². The molecule has 0 radical (unpaired) electrons. The van der Waals surface area contributed by atoms with Crippen LogP contribution in [0, 0.1) is 11.8 Å². The lowest BCUT2D eigenvalue weighted by molar-refractivity contribution is 0.0247. The molecule has 35 heavy (non-hydrogen) atoms. The Labute approximate surface area is 210 Å². The summed E-state index contributed by atoms with van der Waals surface area (Å²) in [4.78, 5) is 8.20. The van der Waals surface area contributed by atoms with E-state index in [1.165, 1.54) is 40.8 Å². The molecule has 0 saturated carbocycles. The molecule has 3 aliphatic heterocycles. The van der Waals surface area contributed by atoms with E-state index in [1.54, 1.807) is 0 Å². The van der Waals surface area contributed by atoms with Crippen LogP contribution in [0.2, 0.25) is 0 Å². The maximum Gasteiger partial charge on any atom is 0.0728 e. The van der Waals surface area contributed by atoms with Gasteiger partial charge in [-0.2, -0.15) is 0 Å². The van der Waals surface area contributed by atoms with E-state index >= 15 is 0 Å². The Balaban J connectivity index is 1.40. The molecule has 1 fully saturated rings. The maximum absolute atomic E-state index is 5.44. The Bertz CT molecular complexity index is 1170. The summed E-state index contributed by atoms with van der Waals surface area (Å²) in [6.45, 7) is 5.79. The monoisotopic (exact) mass is 463 g/mol. The minimum absolute atomic E-state index is 0.256. The predicted octanol–water partition coefficient (Wildman–Crippen LogP) is 6.01. The smallest absolute Gasteiger partial charge is 0.0728 e. The number of aliphatic imine (C=N–C) groups is 1. The molecule has 3 heteroatoms. The van der Waals surface area contributed by atoms with E-state index in [0.717, 1.165) is 32.4 Å². The molecule has 1 N–H and O–H groups in total. The van der Waals surface area contributed by atoms with Crippen molar-refractivity contribution in [3.05, 3.63) is 107 Å². The van der Waals surface area contributed by atoms with Crippen molar-refractivity contribution >= 4 is 6.21 Å². The summed E-state index contributed by atoms with van der Waals surface area (Å²) in [6, 6.07) is 29.9. The molecule has 0 aromatic heterocycles. The molecule has 5 atom stereocenters. The molecule has 1 saturated heterocycles. The number of hydrogen-bond donors (Lipinski definition) is 1. The van der Waals surface area contributed by atoms with Crippen LogP contribution >= 0.6 is 0 Å². The average Bonchev–Trinajstić information content (AvgIpc) is 2.92. The maximum atomic E-state index is 5.44. The molecule has 0 amide bonds. The zero-order chi connectivity index (χ0) is 23.6. The predicted molar refractivity (Wildman–Crippen MR) is 145 cm³/mol. The second-order valence-corrected chi connectivity index (χ2v) is 10.6. The lowest BCUT2D eigenvalue weighted by atomic mass is 9.69. The first-order valence-electron chi connectivity index (χ1n) is 13.5. The Morgan fingerprint density at radius 3 is 2.40 bits per heavy atom. The lowest BCUT2D eigenvalue weighted by Gasteiger charge is -2.51. The number of rotatable bonds is 5. The van der Waals surface area contributed by atoms with Gasteiger partial charge in [-0.15, -0.1) is 0 Å². The molecule has 6 rings (SSSR count). The fraction of sp³-hybridized carbons (Fsp3) is 0.406. The molecule has 3 nitrogen and oxygen atoms in total. The van der Waals surface area contributed by atoms with Gasteiger partial charge in [-0.05, 0) is 65.5 Å². The highest BCUT2D eigenvalue weighted by atomic mass is 15.2. The first-order chi connectivity index (χ1) is 17.3. The van der Waals surface area contributed by atoms with Gasteiger partial charge >= 0.3 is 0 Å². The molecule has 3 aliphatic rings. The second-order valence-electron chi connectivity index (χ2n) is 10.6. The van der Waals surface area contributed by atoms with Gasteiger partial charge in [0, 0.05) is 25.3 Å². The lowest BCUT2D eigenvalue weighted by Crippen LogP contribution is -2.53. The normalized spacial score (nSPS) is 28.3. The van der Waals surface area contributed by atoms with E-state index in [2.05, 4.69) is 102 Å². The zero-order valence-corrected chi connectivity index (χ0v) is 20.8. The van der Waals surface area contributed by atoms with Crippen LogP contribution in [0.4, 0.5) is 0 Å². The molecular formula is C32H37N3. The second kappa shape index (κ2) is 10.1. The highest BCUT2D eigenvalue weighted by Gasteiger charge is 2.46. The number of fused-ring (bicyclic) bond motifs is 4. The summed E-state index contributed by atoms with van der Waals surface area (Å²) in [6.07, 6.45) is 6.79. The van der Waals surface area contributed by atoms with Crippen LogP contribution < -0.4 is 5.32 Å². The van der Waals surface area contributed by atoms with Crippen LogP contribution in [0.15, 0.2) is 83.9 Å². The molecule has 1 unspecified atom stereocenters.